The molecule has 1 amide bonds. The van der Waals surface area contributed by atoms with Crippen molar-refractivity contribution in [2.75, 3.05) is 23.7 Å². The minimum atomic E-state index is -0.858. The second-order valence-corrected chi connectivity index (χ2v) is 4.73. The average molecular weight is 250 g/mol. The number of pyridine rings is 1. The summed E-state index contributed by atoms with van der Waals surface area (Å²) in [5.41, 5.74) is 6.55. The van der Waals surface area contributed by atoms with Gasteiger partial charge >= 0.3 is 6.09 Å². The first-order valence-corrected chi connectivity index (χ1v) is 5.96. The van der Waals surface area contributed by atoms with Gasteiger partial charge in [-0.05, 0) is 26.0 Å². The molecule has 1 aromatic rings. The largest absolute Gasteiger partial charge is 0.465 e. The Morgan fingerprint density at radius 3 is 2.44 bits per heavy atom. The molecule has 6 heteroatoms. The number of nitrogens with two attached hydrogens (primary N) is 1. The summed E-state index contributed by atoms with van der Waals surface area (Å²) in [6.07, 6.45) is 0.877. The molecule has 1 aliphatic rings. The Kier molecular flexibility index (Phi) is 3.27. The van der Waals surface area contributed by atoms with Crippen LogP contribution in [0.3, 0.4) is 0 Å². The normalized spacial score (nSPS) is 24.1. The summed E-state index contributed by atoms with van der Waals surface area (Å²) in [4.78, 5) is 18.7. The number of carbonyl (C=O) groups is 1. The summed E-state index contributed by atoms with van der Waals surface area (Å²) in [5.74, 6) is 0.489. The van der Waals surface area contributed by atoms with E-state index in [1.54, 1.807) is 12.3 Å². The summed E-state index contributed by atoms with van der Waals surface area (Å²) in [6.45, 7) is 5.04. The van der Waals surface area contributed by atoms with E-state index in [4.69, 9.17) is 10.8 Å². The van der Waals surface area contributed by atoms with Gasteiger partial charge in [-0.15, -0.1) is 0 Å². The first-order chi connectivity index (χ1) is 8.49. The van der Waals surface area contributed by atoms with Crippen LogP contribution in [0.4, 0.5) is 16.3 Å². The zero-order chi connectivity index (χ0) is 13.3. The Morgan fingerprint density at radius 2 is 2.00 bits per heavy atom. The molecule has 6 nitrogen and oxygen atoms in total. The van der Waals surface area contributed by atoms with E-state index in [0.717, 1.165) is 5.69 Å². The number of rotatable bonds is 1. The van der Waals surface area contributed by atoms with Crippen LogP contribution in [-0.2, 0) is 0 Å². The topological polar surface area (TPSA) is 82.7 Å². The zero-order valence-electron chi connectivity index (χ0n) is 10.6. The first kappa shape index (κ1) is 12.5. The van der Waals surface area contributed by atoms with E-state index in [2.05, 4.69) is 9.88 Å². The second kappa shape index (κ2) is 4.72. The van der Waals surface area contributed by atoms with Crippen molar-refractivity contribution in [3.05, 3.63) is 18.3 Å². The number of piperazine rings is 1. The maximum atomic E-state index is 11.0. The van der Waals surface area contributed by atoms with E-state index in [0.29, 0.717) is 18.9 Å². The van der Waals surface area contributed by atoms with Crippen LogP contribution in [0.15, 0.2) is 18.3 Å². The number of anilines is 2. The third-order valence-electron chi connectivity index (χ3n) is 3.26. The van der Waals surface area contributed by atoms with Crippen LogP contribution in [0.25, 0.3) is 0 Å². The van der Waals surface area contributed by atoms with Crippen LogP contribution in [0, 0.1) is 0 Å². The van der Waals surface area contributed by atoms with Crippen LogP contribution in [0.2, 0.25) is 0 Å². The number of nitrogen functional groups attached to an aromatic ring is 1. The summed E-state index contributed by atoms with van der Waals surface area (Å²) in [6, 6.07) is 3.93. The van der Waals surface area contributed by atoms with Crippen molar-refractivity contribution in [3.63, 3.8) is 0 Å². The van der Waals surface area contributed by atoms with Crippen molar-refractivity contribution < 1.29 is 9.90 Å². The van der Waals surface area contributed by atoms with Crippen LogP contribution in [0.1, 0.15) is 13.8 Å². The van der Waals surface area contributed by atoms with Gasteiger partial charge in [-0.25, -0.2) is 9.78 Å². The van der Waals surface area contributed by atoms with Gasteiger partial charge in [-0.1, -0.05) is 0 Å². The van der Waals surface area contributed by atoms with Gasteiger partial charge in [-0.2, -0.15) is 0 Å². The van der Waals surface area contributed by atoms with Gasteiger partial charge in [0.05, 0.1) is 11.9 Å². The van der Waals surface area contributed by atoms with Crippen LogP contribution in [0.5, 0.6) is 0 Å². The van der Waals surface area contributed by atoms with E-state index in [-0.39, 0.29) is 12.1 Å². The van der Waals surface area contributed by atoms with Crippen molar-refractivity contribution in [1.82, 2.24) is 9.88 Å². The van der Waals surface area contributed by atoms with E-state index >= 15 is 0 Å². The molecular formula is C12H18N4O2. The number of amides is 1. The lowest BCUT2D eigenvalue weighted by Gasteiger charge is -2.44. The van der Waals surface area contributed by atoms with Crippen molar-refractivity contribution in [2.45, 2.75) is 25.9 Å². The quantitative estimate of drug-likeness (QED) is 0.783. The highest BCUT2D eigenvalue weighted by atomic mass is 16.4. The Hall–Kier alpha value is -1.98. The first-order valence-electron chi connectivity index (χ1n) is 5.96. The minimum absolute atomic E-state index is 0.121. The maximum absolute atomic E-state index is 11.0. The highest BCUT2D eigenvalue weighted by molar-refractivity contribution is 5.66. The predicted molar refractivity (Wildman–Crippen MR) is 69.7 cm³/mol. The Morgan fingerprint density at radius 1 is 1.39 bits per heavy atom. The average Bonchev–Trinajstić information content (AvgIpc) is 2.30. The second-order valence-electron chi connectivity index (χ2n) is 4.73. The number of nitrogens with zero attached hydrogens (tertiary/aromatic N) is 3. The van der Waals surface area contributed by atoms with Crippen LogP contribution in [-0.4, -0.2) is 46.3 Å². The van der Waals surface area contributed by atoms with Crippen molar-refractivity contribution in [2.24, 2.45) is 0 Å². The number of hydrogen-bond donors (Lipinski definition) is 2. The van der Waals surface area contributed by atoms with Crippen LogP contribution < -0.4 is 10.6 Å². The van der Waals surface area contributed by atoms with E-state index in [1.807, 2.05) is 19.9 Å². The van der Waals surface area contributed by atoms with Gasteiger partial charge in [0, 0.05) is 25.2 Å². The lowest BCUT2D eigenvalue weighted by Crippen LogP contribution is -2.58. The number of hydrogen-bond acceptors (Lipinski definition) is 4. The summed E-state index contributed by atoms with van der Waals surface area (Å²) in [5, 5.41) is 9.05. The highest BCUT2D eigenvalue weighted by Gasteiger charge is 2.31. The molecule has 0 aromatic carbocycles. The molecule has 0 saturated carbocycles. The fourth-order valence-corrected chi connectivity index (χ4v) is 2.54. The molecule has 0 spiro atoms. The summed E-state index contributed by atoms with van der Waals surface area (Å²) in [7, 11) is 0. The van der Waals surface area contributed by atoms with Gasteiger partial charge in [0.25, 0.3) is 0 Å². The standard InChI is InChI=1S/C12H18N4O2/c1-8-6-15(12(17)18)7-9(2)16(8)10-3-4-11(13)14-5-10/h3-5,8-9H,6-7H2,1-2H3,(H2,13,14)(H,17,18)/t8-,9-/m0/s1. The molecule has 3 N–H and O–H groups in total. The molecule has 98 valence electrons. The fourth-order valence-electron chi connectivity index (χ4n) is 2.54. The summed E-state index contributed by atoms with van der Waals surface area (Å²) >= 11 is 0. The SMILES string of the molecule is C[C@H]1CN(C(=O)O)C[C@H](C)N1c1ccc(N)nc1. The molecule has 1 aromatic heterocycles. The Labute approximate surface area is 106 Å². The van der Waals surface area contributed by atoms with E-state index < -0.39 is 6.09 Å². The van der Waals surface area contributed by atoms with Gasteiger partial charge < -0.3 is 20.6 Å². The predicted octanol–water partition coefficient (Wildman–Crippen LogP) is 1.24. The van der Waals surface area contributed by atoms with Crippen molar-refractivity contribution in [3.8, 4) is 0 Å². The Balaban J connectivity index is 2.19. The lowest BCUT2D eigenvalue weighted by atomic mass is 10.1. The third kappa shape index (κ3) is 2.32. The molecule has 18 heavy (non-hydrogen) atoms. The van der Waals surface area contributed by atoms with Gasteiger partial charge in [0.1, 0.15) is 5.82 Å². The smallest absolute Gasteiger partial charge is 0.407 e. The molecule has 2 heterocycles. The van der Waals surface area contributed by atoms with Crippen LogP contribution >= 0.6 is 0 Å². The molecule has 0 unspecified atom stereocenters. The third-order valence-corrected chi connectivity index (χ3v) is 3.26. The van der Waals surface area contributed by atoms with Crippen molar-refractivity contribution >= 4 is 17.6 Å². The number of aromatic nitrogens is 1. The molecule has 2 rings (SSSR count). The maximum Gasteiger partial charge on any atom is 0.407 e. The molecule has 0 radical (unpaired) electrons. The Bertz CT molecular complexity index is 422. The molecular weight excluding hydrogens is 232 g/mol. The molecule has 1 fully saturated rings. The summed E-state index contributed by atoms with van der Waals surface area (Å²) < 4.78 is 0. The lowest BCUT2D eigenvalue weighted by molar-refractivity contribution is 0.128. The molecule has 0 bridgehead atoms. The molecule has 2 atom stereocenters. The monoisotopic (exact) mass is 250 g/mol. The van der Waals surface area contributed by atoms with Crippen molar-refractivity contribution in [1.29, 1.82) is 0 Å². The molecule has 1 aliphatic heterocycles. The van der Waals surface area contributed by atoms with Gasteiger partial charge in [-0.3, -0.25) is 0 Å². The number of carboxylic acid groups (broad SMARTS) is 1. The molecule has 0 aliphatic carbocycles. The zero-order valence-corrected chi connectivity index (χ0v) is 10.6. The fraction of sp³-hybridized carbons (Fsp3) is 0.500. The minimum Gasteiger partial charge on any atom is -0.465 e. The van der Waals surface area contributed by atoms with E-state index in [9.17, 15) is 4.79 Å². The van der Waals surface area contributed by atoms with E-state index in [1.165, 1.54) is 4.90 Å². The van der Waals surface area contributed by atoms with Gasteiger partial charge in [0.15, 0.2) is 0 Å². The molecule has 1 saturated heterocycles. The highest BCUT2D eigenvalue weighted by Crippen LogP contribution is 2.24. The van der Waals surface area contributed by atoms with Gasteiger partial charge in [0.2, 0.25) is 0 Å².